The van der Waals surface area contributed by atoms with E-state index in [1.807, 2.05) is 6.92 Å². The molecule has 0 unspecified atom stereocenters. The van der Waals surface area contributed by atoms with E-state index in [2.05, 4.69) is 20.2 Å². The summed E-state index contributed by atoms with van der Waals surface area (Å²) in [7, 11) is 0. The summed E-state index contributed by atoms with van der Waals surface area (Å²) in [5, 5.41) is 3.14. The smallest absolute Gasteiger partial charge is 0.220 e. The fourth-order valence-electron chi connectivity index (χ4n) is 2.17. The third kappa shape index (κ3) is 2.88. The van der Waals surface area contributed by atoms with Gasteiger partial charge in [0.2, 0.25) is 5.91 Å². The highest BCUT2D eigenvalue weighted by Crippen LogP contribution is 2.21. The molecule has 1 fully saturated rings. The number of nitrogens with zero attached hydrogens (tertiary/aromatic N) is 3. The van der Waals surface area contributed by atoms with Crippen LogP contribution in [0.3, 0.4) is 0 Å². The first-order valence-corrected chi connectivity index (χ1v) is 6.31. The van der Waals surface area contributed by atoms with Crippen LogP contribution in [0.4, 0.5) is 11.6 Å². The lowest BCUT2D eigenvalue weighted by Crippen LogP contribution is -2.39. The first-order chi connectivity index (χ1) is 8.70. The predicted molar refractivity (Wildman–Crippen MR) is 70.3 cm³/mol. The molecule has 3 N–H and O–H groups in total. The highest BCUT2D eigenvalue weighted by Gasteiger charge is 2.23. The van der Waals surface area contributed by atoms with Gasteiger partial charge in [0.15, 0.2) is 0 Å². The molecule has 6 heteroatoms. The number of nitrogens with one attached hydrogen (secondary N) is 1. The van der Waals surface area contributed by atoms with Crippen molar-refractivity contribution in [3.63, 3.8) is 0 Å². The topological polar surface area (TPSA) is 84.1 Å². The van der Waals surface area contributed by atoms with Crippen molar-refractivity contribution in [2.75, 3.05) is 29.9 Å². The highest BCUT2D eigenvalue weighted by molar-refractivity contribution is 5.76. The molecule has 1 aliphatic rings. The second-order valence-electron chi connectivity index (χ2n) is 4.46. The predicted octanol–water partition coefficient (Wildman–Crippen LogP) is 0.610. The maximum Gasteiger partial charge on any atom is 0.220 e. The van der Waals surface area contributed by atoms with Crippen LogP contribution in [0, 0.1) is 5.92 Å². The van der Waals surface area contributed by atoms with Crippen LogP contribution in [-0.2, 0) is 4.79 Å². The van der Waals surface area contributed by atoms with E-state index in [0.717, 1.165) is 44.1 Å². The summed E-state index contributed by atoms with van der Waals surface area (Å²) in [4.78, 5) is 21.9. The Morgan fingerprint density at radius 3 is 2.83 bits per heavy atom. The van der Waals surface area contributed by atoms with Gasteiger partial charge in [0.05, 0.1) is 12.4 Å². The van der Waals surface area contributed by atoms with Gasteiger partial charge >= 0.3 is 0 Å². The molecule has 0 bridgehead atoms. The van der Waals surface area contributed by atoms with Crippen LogP contribution in [0.2, 0.25) is 0 Å². The Morgan fingerprint density at radius 2 is 2.22 bits per heavy atom. The monoisotopic (exact) mass is 249 g/mol. The molecule has 0 aromatic carbocycles. The lowest BCUT2D eigenvalue weighted by molar-refractivity contribution is -0.122. The zero-order chi connectivity index (χ0) is 13.0. The third-order valence-electron chi connectivity index (χ3n) is 3.20. The van der Waals surface area contributed by atoms with Gasteiger partial charge in [-0.3, -0.25) is 9.78 Å². The van der Waals surface area contributed by atoms with Gasteiger partial charge < -0.3 is 16.0 Å². The van der Waals surface area contributed by atoms with Crippen LogP contribution >= 0.6 is 0 Å². The number of amides is 1. The van der Waals surface area contributed by atoms with E-state index in [-0.39, 0.29) is 11.8 Å². The molecule has 1 aromatic heterocycles. The molecule has 2 rings (SSSR count). The molecule has 0 aliphatic carbocycles. The molecule has 0 spiro atoms. The molecule has 1 aliphatic heterocycles. The Balaban J connectivity index is 2.00. The minimum atomic E-state index is -0.192. The van der Waals surface area contributed by atoms with Gasteiger partial charge in [0.25, 0.3) is 0 Å². The number of nitrogens with two attached hydrogens (primary N) is 1. The summed E-state index contributed by atoms with van der Waals surface area (Å²) in [6.07, 6.45) is 5.06. The average molecular weight is 249 g/mol. The zero-order valence-corrected chi connectivity index (χ0v) is 10.6. The van der Waals surface area contributed by atoms with Gasteiger partial charge in [-0.15, -0.1) is 0 Å². The number of rotatable bonds is 4. The standard InChI is InChI=1S/C12H19N5O/c1-2-15-10-7-14-8-11(16-10)17-5-3-9(4-6-17)12(13)18/h7-9H,2-6H2,1H3,(H2,13,18)(H,15,16). The van der Waals surface area contributed by atoms with Crippen molar-refractivity contribution in [1.29, 1.82) is 0 Å². The molecular formula is C12H19N5O. The SMILES string of the molecule is CCNc1cncc(N2CCC(C(N)=O)CC2)n1. The van der Waals surface area contributed by atoms with E-state index in [9.17, 15) is 4.79 Å². The van der Waals surface area contributed by atoms with E-state index in [4.69, 9.17) is 5.73 Å². The lowest BCUT2D eigenvalue weighted by Gasteiger charge is -2.31. The van der Waals surface area contributed by atoms with E-state index in [0.29, 0.717) is 0 Å². The van der Waals surface area contributed by atoms with Crippen LogP contribution in [-0.4, -0.2) is 35.5 Å². The number of aromatic nitrogens is 2. The van der Waals surface area contributed by atoms with Crippen LogP contribution in [0.1, 0.15) is 19.8 Å². The van der Waals surface area contributed by atoms with E-state index < -0.39 is 0 Å². The largest absolute Gasteiger partial charge is 0.369 e. The van der Waals surface area contributed by atoms with Crippen molar-refractivity contribution >= 4 is 17.5 Å². The summed E-state index contributed by atoms with van der Waals surface area (Å²) in [6, 6.07) is 0. The number of carbonyl (C=O) groups excluding carboxylic acids is 1. The van der Waals surface area contributed by atoms with Crippen molar-refractivity contribution in [2.24, 2.45) is 11.7 Å². The maximum atomic E-state index is 11.1. The second-order valence-corrected chi connectivity index (χ2v) is 4.46. The first kappa shape index (κ1) is 12.6. The number of carbonyl (C=O) groups is 1. The summed E-state index contributed by atoms with van der Waals surface area (Å²) in [5.74, 6) is 1.46. The van der Waals surface area contributed by atoms with Crippen LogP contribution in [0.5, 0.6) is 0 Å². The molecule has 0 saturated carbocycles. The van der Waals surface area contributed by atoms with Crippen LogP contribution in [0.15, 0.2) is 12.4 Å². The Morgan fingerprint density at radius 1 is 1.50 bits per heavy atom. The molecule has 1 aromatic rings. The summed E-state index contributed by atoms with van der Waals surface area (Å²) in [6.45, 7) is 4.45. The first-order valence-electron chi connectivity index (χ1n) is 6.31. The Labute approximate surface area is 107 Å². The molecule has 1 saturated heterocycles. The summed E-state index contributed by atoms with van der Waals surface area (Å²) < 4.78 is 0. The quantitative estimate of drug-likeness (QED) is 0.816. The number of anilines is 2. The van der Waals surface area contributed by atoms with Crippen molar-refractivity contribution in [3.05, 3.63) is 12.4 Å². The summed E-state index contributed by atoms with van der Waals surface area (Å²) >= 11 is 0. The van der Waals surface area contributed by atoms with Gasteiger partial charge in [-0.05, 0) is 19.8 Å². The molecule has 1 amide bonds. The Bertz CT molecular complexity index is 415. The highest BCUT2D eigenvalue weighted by atomic mass is 16.1. The molecule has 98 valence electrons. The second kappa shape index (κ2) is 5.66. The average Bonchev–Trinajstić information content (AvgIpc) is 2.39. The van der Waals surface area contributed by atoms with Crippen LogP contribution < -0.4 is 16.0 Å². The van der Waals surface area contributed by atoms with Gasteiger partial charge in [-0.2, -0.15) is 0 Å². The molecule has 6 nitrogen and oxygen atoms in total. The molecular weight excluding hydrogens is 230 g/mol. The molecule has 2 heterocycles. The van der Waals surface area contributed by atoms with E-state index in [1.54, 1.807) is 12.4 Å². The minimum absolute atomic E-state index is 0.00570. The van der Waals surface area contributed by atoms with Gasteiger partial charge in [-0.1, -0.05) is 0 Å². The maximum absolute atomic E-state index is 11.1. The van der Waals surface area contributed by atoms with Gasteiger partial charge in [-0.25, -0.2) is 4.98 Å². The number of hydrogen-bond donors (Lipinski definition) is 2. The van der Waals surface area contributed by atoms with Crippen molar-refractivity contribution in [2.45, 2.75) is 19.8 Å². The minimum Gasteiger partial charge on any atom is -0.369 e. The van der Waals surface area contributed by atoms with Crippen molar-refractivity contribution < 1.29 is 4.79 Å². The Kier molecular flexibility index (Phi) is 3.96. The molecule has 18 heavy (non-hydrogen) atoms. The van der Waals surface area contributed by atoms with Gasteiger partial charge in [0, 0.05) is 25.6 Å². The van der Waals surface area contributed by atoms with Crippen molar-refractivity contribution in [3.8, 4) is 0 Å². The number of primary amides is 1. The molecule has 0 radical (unpaired) electrons. The number of piperidine rings is 1. The fraction of sp³-hybridized carbons (Fsp3) is 0.583. The molecule has 0 atom stereocenters. The van der Waals surface area contributed by atoms with Crippen molar-refractivity contribution in [1.82, 2.24) is 9.97 Å². The lowest BCUT2D eigenvalue weighted by atomic mass is 9.96. The van der Waals surface area contributed by atoms with Crippen LogP contribution in [0.25, 0.3) is 0 Å². The fourth-order valence-corrected chi connectivity index (χ4v) is 2.17. The van der Waals surface area contributed by atoms with E-state index >= 15 is 0 Å². The summed E-state index contributed by atoms with van der Waals surface area (Å²) in [5.41, 5.74) is 5.32. The van der Waals surface area contributed by atoms with E-state index in [1.165, 1.54) is 0 Å². The van der Waals surface area contributed by atoms with Gasteiger partial charge in [0.1, 0.15) is 11.6 Å². The third-order valence-corrected chi connectivity index (χ3v) is 3.20. The zero-order valence-electron chi connectivity index (χ0n) is 10.6. The normalized spacial score (nSPS) is 16.6. The Hall–Kier alpha value is -1.85. The number of hydrogen-bond acceptors (Lipinski definition) is 5.